The van der Waals surface area contributed by atoms with Gasteiger partial charge < -0.3 is 19.6 Å². The molecule has 7 heteroatoms. The minimum Gasteiger partial charge on any atom is -0.478 e. The van der Waals surface area contributed by atoms with Crippen LogP contribution in [0.5, 0.6) is 0 Å². The molecular weight excluding hydrogens is 291 g/mol. The molecule has 0 aromatic heterocycles. The number of hydrogen-bond donors (Lipinski definition) is 1. The Hall–Kier alpha value is -2.57. The molecule has 0 aliphatic carbocycles. The second-order valence-electron chi connectivity index (χ2n) is 4.81. The van der Waals surface area contributed by atoms with E-state index in [-0.39, 0.29) is 12.2 Å². The fraction of sp³-hybridized carbons (Fsp3) is 0.333. The summed E-state index contributed by atoms with van der Waals surface area (Å²) in [5, 5.41) is 8.95. The van der Waals surface area contributed by atoms with E-state index in [1.807, 2.05) is 4.90 Å². The number of nitrogens with zero attached hydrogens (tertiary/aromatic N) is 2. The topological polar surface area (TPSA) is 70.1 Å². The molecule has 22 heavy (non-hydrogen) atoms. The van der Waals surface area contributed by atoms with Gasteiger partial charge in [0.2, 0.25) is 0 Å². The van der Waals surface area contributed by atoms with Crippen molar-refractivity contribution in [3.05, 3.63) is 42.2 Å². The van der Waals surface area contributed by atoms with Gasteiger partial charge in [0.25, 0.3) is 0 Å². The van der Waals surface area contributed by atoms with Crippen molar-refractivity contribution in [2.45, 2.75) is 0 Å². The number of carbonyl (C=O) groups is 2. The van der Waals surface area contributed by atoms with Crippen LogP contribution in [0.4, 0.5) is 14.9 Å². The van der Waals surface area contributed by atoms with Crippen molar-refractivity contribution < 1.29 is 23.8 Å². The lowest BCUT2D eigenvalue weighted by Crippen LogP contribution is -2.49. The third-order valence-corrected chi connectivity index (χ3v) is 3.41. The molecule has 1 heterocycles. The van der Waals surface area contributed by atoms with Gasteiger partial charge in [-0.15, -0.1) is 0 Å². The Kier molecular flexibility index (Phi) is 4.98. The van der Waals surface area contributed by atoms with E-state index >= 15 is 0 Å². The highest BCUT2D eigenvalue weighted by Gasteiger charge is 2.23. The molecule has 0 unspecified atom stereocenters. The minimum atomic E-state index is -1.30. The van der Waals surface area contributed by atoms with Gasteiger partial charge in [-0.1, -0.05) is 12.7 Å². The molecule has 1 N–H and O–H groups in total. The summed E-state index contributed by atoms with van der Waals surface area (Å²) >= 11 is 0. The van der Waals surface area contributed by atoms with Crippen LogP contribution in [0.25, 0.3) is 0 Å². The first kappa shape index (κ1) is 15.8. The van der Waals surface area contributed by atoms with E-state index in [2.05, 4.69) is 6.58 Å². The third-order valence-electron chi connectivity index (χ3n) is 3.41. The van der Waals surface area contributed by atoms with Gasteiger partial charge in [-0.25, -0.2) is 14.0 Å². The first-order valence-corrected chi connectivity index (χ1v) is 6.83. The zero-order chi connectivity index (χ0) is 16.1. The van der Waals surface area contributed by atoms with Crippen molar-refractivity contribution >= 4 is 17.7 Å². The van der Waals surface area contributed by atoms with Gasteiger partial charge in [-0.2, -0.15) is 0 Å². The van der Waals surface area contributed by atoms with Crippen molar-refractivity contribution in [1.29, 1.82) is 0 Å². The van der Waals surface area contributed by atoms with Crippen molar-refractivity contribution in [1.82, 2.24) is 4.90 Å². The molecule has 1 aliphatic rings. The number of hydrogen-bond acceptors (Lipinski definition) is 4. The summed E-state index contributed by atoms with van der Waals surface area (Å²) in [5.41, 5.74) is 0.267. The number of benzene rings is 1. The molecule has 6 nitrogen and oxygen atoms in total. The lowest BCUT2D eigenvalue weighted by atomic mass is 10.1. The fourth-order valence-electron chi connectivity index (χ4n) is 2.24. The molecule has 118 valence electrons. The zero-order valence-corrected chi connectivity index (χ0v) is 12.0. The third kappa shape index (κ3) is 3.55. The fourth-order valence-corrected chi connectivity index (χ4v) is 2.24. The number of ether oxygens (including phenoxy) is 1. The van der Waals surface area contributed by atoms with Crippen LogP contribution in [0.2, 0.25) is 0 Å². The van der Waals surface area contributed by atoms with E-state index in [0.29, 0.717) is 31.9 Å². The van der Waals surface area contributed by atoms with E-state index in [1.54, 1.807) is 4.90 Å². The van der Waals surface area contributed by atoms with Crippen LogP contribution in [-0.2, 0) is 4.74 Å². The largest absolute Gasteiger partial charge is 0.478 e. The van der Waals surface area contributed by atoms with Crippen LogP contribution in [0.1, 0.15) is 10.4 Å². The molecule has 1 saturated heterocycles. The van der Waals surface area contributed by atoms with Gasteiger partial charge in [0.15, 0.2) is 0 Å². The normalized spacial score (nSPS) is 14.6. The second kappa shape index (κ2) is 6.93. The Labute approximate surface area is 127 Å². The van der Waals surface area contributed by atoms with Crippen LogP contribution in [0.3, 0.4) is 0 Å². The second-order valence-corrected chi connectivity index (χ2v) is 4.81. The molecular formula is C15H17FN2O4. The molecule has 2 rings (SSSR count). The smallest absolute Gasteiger partial charge is 0.410 e. The molecule has 0 atom stereocenters. The van der Waals surface area contributed by atoms with E-state index < -0.39 is 17.9 Å². The number of carbonyl (C=O) groups excluding carboxylic acids is 1. The SMILES string of the molecule is C=CCOC(=O)N1CCN(c2ccc(F)c(C(=O)O)c2)CC1. The Bertz CT molecular complexity index is 583. The van der Waals surface area contributed by atoms with Gasteiger partial charge >= 0.3 is 12.1 Å². The standard InChI is InChI=1S/C15H17FN2O4/c1-2-9-22-15(21)18-7-5-17(6-8-18)11-3-4-13(16)12(10-11)14(19)20/h2-4,10H,1,5-9H2,(H,19,20). The zero-order valence-electron chi connectivity index (χ0n) is 12.0. The molecule has 0 saturated carbocycles. The number of piperazine rings is 1. The Morgan fingerprint density at radius 3 is 2.59 bits per heavy atom. The van der Waals surface area contributed by atoms with Gasteiger partial charge in [-0.05, 0) is 18.2 Å². The summed E-state index contributed by atoms with van der Waals surface area (Å²) in [6, 6.07) is 3.99. The van der Waals surface area contributed by atoms with E-state index in [4.69, 9.17) is 9.84 Å². The highest BCUT2D eigenvalue weighted by atomic mass is 19.1. The molecule has 0 radical (unpaired) electrons. The maximum Gasteiger partial charge on any atom is 0.410 e. The number of anilines is 1. The molecule has 1 amide bonds. The van der Waals surface area contributed by atoms with Crippen LogP contribution in [0, 0.1) is 5.82 Å². The maximum absolute atomic E-state index is 13.4. The Balaban J connectivity index is 2.00. The summed E-state index contributed by atoms with van der Waals surface area (Å²) in [6.45, 7) is 5.59. The summed E-state index contributed by atoms with van der Waals surface area (Å²) in [7, 11) is 0. The molecule has 1 aromatic rings. The van der Waals surface area contributed by atoms with Crippen LogP contribution in [0.15, 0.2) is 30.9 Å². The lowest BCUT2D eigenvalue weighted by Gasteiger charge is -2.35. The van der Waals surface area contributed by atoms with Crippen LogP contribution in [-0.4, -0.2) is 54.9 Å². The first-order valence-electron chi connectivity index (χ1n) is 6.83. The summed E-state index contributed by atoms with van der Waals surface area (Å²) in [5.74, 6) is -2.06. The average molecular weight is 308 g/mol. The average Bonchev–Trinajstić information content (AvgIpc) is 2.53. The Morgan fingerprint density at radius 1 is 1.32 bits per heavy atom. The van der Waals surface area contributed by atoms with E-state index in [0.717, 1.165) is 6.07 Å². The first-order chi connectivity index (χ1) is 10.5. The number of carboxylic acid groups (broad SMARTS) is 1. The quantitative estimate of drug-likeness (QED) is 0.861. The van der Waals surface area contributed by atoms with Crippen molar-refractivity contribution in [3.63, 3.8) is 0 Å². The van der Waals surface area contributed by atoms with Crippen molar-refractivity contribution in [2.75, 3.05) is 37.7 Å². The summed E-state index contributed by atoms with van der Waals surface area (Å²) < 4.78 is 18.4. The number of rotatable bonds is 4. The number of carboxylic acids is 1. The Morgan fingerprint density at radius 2 is 2.00 bits per heavy atom. The van der Waals surface area contributed by atoms with Gasteiger partial charge in [0.1, 0.15) is 12.4 Å². The highest BCUT2D eigenvalue weighted by Crippen LogP contribution is 2.20. The van der Waals surface area contributed by atoms with Crippen molar-refractivity contribution in [2.24, 2.45) is 0 Å². The monoisotopic (exact) mass is 308 g/mol. The van der Waals surface area contributed by atoms with E-state index in [9.17, 15) is 14.0 Å². The highest BCUT2D eigenvalue weighted by molar-refractivity contribution is 5.89. The molecule has 0 bridgehead atoms. The summed E-state index contributed by atoms with van der Waals surface area (Å²) in [4.78, 5) is 26.1. The predicted molar refractivity (Wildman–Crippen MR) is 78.7 cm³/mol. The number of amides is 1. The van der Waals surface area contributed by atoms with Gasteiger partial charge in [0.05, 0.1) is 5.56 Å². The van der Waals surface area contributed by atoms with Crippen LogP contribution >= 0.6 is 0 Å². The van der Waals surface area contributed by atoms with Gasteiger partial charge in [0, 0.05) is 31.9 Å². The lowest BCUT2D eigenvalue weighted by molar-refractivity contribution is 0.0692. The number of aromatic carboxylic acids is 1. The summed E-state index contributed by atoms with van der Waals surface area (Å²) in [6.07, 6.45) is 1.10. The molecule has 1 aliphatic heterocycles. The minimum absolute atomic E-state index is 0.166. The molecule has 1 aromatic carbocycles. The predicted octanol–water partition coefficient (Wildman–Crippen LogP) is 1.97. The van der Waals surface area contributed by atoms with Gasteiger partial charge in [-0.3, -0.25) is 0 Å². The molecule has 0 spiro atoms. The van der Waals surface area contributed by atoms with E-state index in [1.165, 1.54) is 18.2 Å². The van der Waals surface area contributed by atoms with Crippen molar-refractivity contribution in [3.8, 4) is 0 Å². The number of halogens is 1. The van der Waals surface area contributed by atoms with Crippen LogP contribution < -0.4 is 4.90 Å². The maximum atomic E-state index is 13.4. The molecule has 1 fully saturated rings.